The Bertz CT molecular complexity index is 306. The average Bonchev–Trinajstić information content (AvgIpc) is 2.29. The molecule has 3 heteroatoms. The van der Waals surface area contributed by atoms with Crippen molar-refractivity contribution in [2.24, 2.45) is 0 Å². The highest BCUT2D eigenvalue weighted by molar-refractivity contribution is 6.62. The maximum absolute atomic E-state index is 5.68. The van der Waals surface area contributed by atoms with Crippen LogP contribution in [-0.4, -0.2) is 22.5 Å². The SMILES string of the molecule is C=Cc1ccccc1[SiH](OCC)OCC. The van der Waals surface area contributed by atoms with E-state index >= 15 is 0 Å². The summed E-state index contributed by atoms with van der Waals surface area (Å²) in [5.41, 5.74) is 1.12. The molecule has 0 heterocycles. The Hall–Kier alpha value is -0.903. The van der Waals surface area contributed by atoms with E-state index in [1.54, 1.807) is 0 Å². The number of hydrogen-bond donors (Lipinski definition) is 0. The van der Waals surface area contributed by atoms with Crippen LogP contribution in [0.3, 0.4) is 0 Å². The van der Waals surface area contributed by atoms with Crippen molar-refractivity contribution < 1.29 is 8.85 Å². The average molecular weight is 222 g/mol. The monoisotopic (exact) mass is 222 g/mol. The zero-order valence-corrected chi connectivity index (χ0v) is 10.6. The molecule has 0 aliphatic carbocycles. The molecule has 0 bridgehead atoms. The highest BCUT2D eigenvalue weighted by atomic mass is 28.3. The molecule has 0 saturated carbocycles. The summed E-state index contributed by atoms with van der Waals surface area (Å²) >= 11 is 0. The molecule has 0 unspecified atom stereocenters. The van der Waals surface area contributed by atoms with E-state index in [0.29, 0.717) is 13.2 Å². The summed E-state index contributed by atoms with van der Waals surface area (Å²) in [6.07, 6.45) is 1.85. The van der Waals surface area contributed by atoms with Gasteiger partial charge >= 0.3 is 9.28 Å². The van der Waals surface area contributed by atoms with Crippen LogP contribution in [0, 0.1) is 0 Å². The van der Waals surface area contributed by atoms with E-state index in [9.17, 15) is 0 Å². The van der Waals surface area contributed by atoms with Gasteiger partial charge in [0.2, 0.25) is 0 Å². The highest BCUT2D eigenvalue weighted by Gasteiger charge is 2.17. The minimum Gasteiger partial charge on any atom is -0.394 e. The molecule has 0 amide bonds. The van der Waals surface area contributed by atoms with Crippen LogP contribution < -0.4 is 5.19 Å². The third-order valence-electron chi connectivity index (χ3n) is 2.11. The van der Waals surface area contributed by atoms with Crippen molar-refractivity contribution in [3.8, 4) is 0 Å². The molecule has 0 fully saturated rings. The third-order valence-corrected chi connectivity index (χ3v) is 4.41. The summed E-state index contributed by atoms with van der Waals surface area (Å²) < 4.78 is 11.4. The van der Waals surface area contributed by atoms with E-state index < -0.39 is 9.28 Å². The summed E-state index contributed by atoms with van der Waals surface area (Å²) in [5, 5.41) is 1.18. The number of rotatable bonds is 6. The second kappa shape index (κ2) is 6.56. The van der Waals surface area contributed by atoms with Crippen LogP contribution in [0.2, 0.25) is 0 Å². The van der Waals surface area contributed by atoms with Gasteiger partial charge in [-0.1, -0.05) is 36.9 Å². The van der Waals surface area contributed by atoms with Gasteiger partial charge in [0.05, 0.1) is 0 Å². The molecule has 0 aromatic heterocycles. The molecule has 15 heavy (non-hydrogen) atoms. The van der Waals surface area contributed by atoms with Crippen molar-refractivity contribution in [3.05, 3.63) is 36.4 Å². The molecule has 1 rings (SSSR count). The third kappa shape index (κ3) is 3.30. The van der Waals surface area contributed by atoms with Crippen LogP contribution in [-0.2, 0) is 8.85 Å². The highest BCUT2D eigenvalue weighted by Crippen LogP contribution is 2.02. The second-order valence-corrected chi connectivity index (χ2v) is 5.03. The van der Waals surface area contributed by atoms with Crippen molar-refractivity contribution in [1.82, 2.24) is 0 Å². The first-order chi connectivity index (χ1) is 7.33. The topological polar surface area (TPSA) is 18.5 Å². The molecule has 1 aromatic rings. The lowest BCUT2D eigenvalue weighted by atomic mass is 10.2. The van der Waals surface area contributed by atoms with Crippen molar-refractivity contribution in [2.45, 2.75) is 13.8 Å². The van der Waals surface area contributed by atoms with Crippen molar-refractivity contribution in [3.63, 3.8) is 0 Å². The predicted molar refractivity (Wildman–Crippen MR) is 66.6 cm³/mol. The molecular weight excluding hydrogens is 204 g/mol. The van der Waals surface area contributed by atoms with Crippen LogP contribution >= 0.6 is 0 Å². The van der Waals surface area contributed by atoms with E-state index in [4.69, 9.17) is 8.85 Å². The minimum atomic E-state index is -1.72. The van der Waals surface area contributed by atoms with E-state index in [1.807, 2.05) is 38.1 Å². The molecule has 1 aromatic carbocycles. The van der Waals surface area contributed by atoms with Crippen LogP contribution in [0.15, 0.2) is 30.8 Å². The summed E-state index contributed by atoms with van der Waals surface area (Å²) in [4.78, 5) is 0. The molecular formula is C12H18O2Si. The van der Waals surface area contributed by atoms with Crippen molar-refractivity contribution in [1.29, 1.82) is 0 Å². The smallest absolute Gasteiger partial charge is 0.356 e. The lowest BCUT2D eigenvalue weighted by Crippen LogP contribution is -2.38. The molecule has 0 saturated heterocycles. The van der Waals surface area contributed by atoms with E-state index in [2.05, 4.69) is 12.6 Å². The first kappa shape index (κ1) is 12.2. The first-order valence-corrected chi connectivity index (χ1v) is 6.80. The summed E-state index contributed by atoms with van der Waals surface area (Å²) in [5.74, 6) is 0. The van der Waals surface area contributed by atoms with Gasteiger partial charge in [-0.3, -0.25) is 0 Å². The van der Waals surface area contributed by atoms with Crippen molar-refractivity contribution in [2.75, 3.05) is 13.2 Å². The lowest BCUT2D eigenvalue weighted by molar-refractivity contribution is 0.225. The van der Waals surface area contributed by atoms with Gasteiger partial charge < -0.3 is 8.85 Å². The molecule has 2 nitrogen and oxygen atoms in total. The molecule has 82 valence electrons. The van der Waals surface area contributed by atoms with Gasteiger partial charge in [-0.2, -0.15) is 0 Å². The van der Waals surface area contributed by atoms with Gasteiger partial charge in [0.15, 0.2) is 0 Å². The molecule has 0 atom stereocenters. The molecule has 0 aliphatic heterocycles. The first-order valence-electron chi connectivity index (χ1n) is 5.28. The molecule has 0 spiro atoms. The summed E-state index contributed by atoms with van der Waals surface area (Å²) in [6, 6.07) is 8.13. The fourth-order valence-corrected chi connectivity index (χ4v) is 3.26. The van der Waals surface area contributed by atoms with Gasteiger partial charge in [0.1, 0.15) is 0 Å². The predicted octanol–water partition coefficient (Wildman–Crippen LogP) is 1.83. The van der Waals surface area contributed by atoms with E-state index in [-0.39, 0.29) is 0 Å². The largest absolute Gasteiger partial charge is 0.394 e. The van der Waals surface area contributed by atoms with Crippen molar-refractivity contribution >= 4 is 20.5 Å². The standard InChI is InChI=1S/C12H18O2Si/c1-4-11-9-7-8-10-12(11)15(13-5-2)14-6-3/h4,7-10,15H,1,5-6H2,2-3H3. The zero-order valence-electron chi connectivity index (χ0n) is 9.40. The van der Waals surface area contributed by atoms with Gasteiger partial charge in [0, 0.05) is 13.2 Å². The summed E-state index contributed by atoms with van der Waals surface area (Å²) in [7, 11) is -1.72. The maximum Gasteiger partial charge on any atom is 0.356 e. The minimum absolute atomic E-state index is 0.697. The molecule has 0 aliphatic rings. The van der Waals surface area contributed by atoms with Crippen LogP contribution in [0.4, 0.5) is 0 Å². The zero-order chi connectivity index (χ0) is 11.1. The Kier molecular flexibility index (Phi) is 5.32. The Morgan fingerprint density at radius 2 is 1.80 bits per heavy atom. The van der Waals surface area contributed by atoms with E-state index in [0.717, 1.165) is 5.56 Å². The van der Waals surface area contributed by atoms with Crippen LogP contribution in [0.1, 0.15) is 19.4 Å². The van der Waals surface area contributed by atoms with Gasteiger partial charge in [-0.25, -0.2) is 0 Å². The van der Waals surface area contributed by atoms with Crippen LogP contribution in [0.5, 0.6) is 0 Å². The van der Waals surface area contributed by atoms with Gasteiger partial charge in [0.25, 0.3) is 0 Å². The molecule has 0 N–H and O–H groups in total. The fraction of sp³-hybridized carbons (Fsp3) is 0.333. The van der Waals surface area contributed by atoms with Gasteiger partial charge in [-0.05, 0) is 24.6 Å². The van der Waals surface area contributed by atoms with Crippen LogP contribution in [0.25, 0.3) is 6.08 Å². The maximum atomic E-state index is 5.68. The summed E-state index contributed by atoms with van der Waals surface area (Å²) in [6.45, 7) is 9.19. The fourth-order valence-electron chi connectivity index (χ4n) is 1.44. The second-order valence-electron chi connectivity index (χ2n) is 3.08. The number of hydrogen-bond acceptors (Lipinski definition) is 2. The van der Waals surface area contributed by atoms with E-state index in [1.165, 1.54) is 5.19 Å². The Morgan fingerprint density at radius 3 is 2.33 bits per heavy atom. The Morgan fingerprint density at radius 1 is 1.20 bits per heavy atom. The number of benzene rings is 1. The Balaban J connectivity index is 2.92. The molecule has 0 radical (unpaired) electrons. The lowest BCUT2D eigenvalue weighted by Gasteiger charge is -2.16. The quantitative estimate of drug-likeness (QED) is 0.684. The normalized spacial score (nSPS) is 10.6. The Labute approximate surface area is 93.4 Å². The van der Waals surface area contributed by atoms with Gasteiger partial charge in [-0.15, -0.1) is 0 Å².